The number of amides is 1. The molecule has 1 heterocycles. The minimum Gasteiger partial charge on any atom is -0.352 e. The molecule has 0 fully saturated rings. The fourth-order valence-corrected chi connectivity index (χ4v) is 2.55. The van der Waals surface area contributed by atoms with Crippen molar-refractivity contribution in [1.82, 2.24) is 10.6 Å². The van der Waals surface area contributed by atoms with E-state index in [2.05, 4.69) is 10.6 Å². The molecule has 1 amide bonds. The highest BCUT2D eigenvalue weighted by atomic mass is 19.1. The smallest absolute Gasteiger partial charge is 0.251 e. The zero-order valence-corrected chi connectivity index (χ0v) is 11.7. The maximum atomic E-state index is 13.1. The second-order valence-electron chi connectivity index (χ2n) is 5.22. The van der Waals surface area contributed by atoms with Gasteiger partial charge in [-0.2, -0.15) is 0 Å². The van der Waals surface area contributed by atoms with E-state index in [0.29, 0.717) is 18.5 Å². The van der Waals surface area contributed by atoms with Crippen LogP contribution in [-0.4, -0.2) is 12.5 Å². The van der Waals surface area contributed by atoms with Gasteiger partial charge < -0.3 is 10.6 Å². The summed E-state index contributed by atoms with van der Waals surface area (Å²) in [4.78, 5) is 12.1. The zero-order chi connectivity index (χ0) is 14.7. The van der Waals surface area contributed by atoms with Crippen molar-refractivity contribution in [3.63, 3.8) is 0 Å². The van der Waals surface area contributed by atoms with Gasteiger partial charge in [0.2, 0.25) is 0 Å². The Labute approximate surface area is 123 Å². The third kappa shape index (κ3) is 3.28. The van der Waals surface area contributed by atoms with Crippen LogP contribution in [0.5, 0.6) is 0 Å². The second kappa shape index (κ2) is 6.06. The third-order valence-electron chi connectivity index (χ3n) is 3.69. The molecular weight excluding hydrogens is 267 g/mol. The van der Waals surface area contributed by atoms with Gasteiger partial charge in [0.15, 0.2) is 0 Å². The molecule has 3 rings (SSSR count). The monoisotopic (exact) mass is 284 g/mol. The molecule has 0 saturated heterocycles. The van der Waals surface area contributed by atoms with E-state index in [9.17, 15) is 9.18 Å². The third-order valence-corrected chi connectivity index (χ3v) is 3.69. The fourth-order valence-electron chi connectivity index (χ4n) is 2.55. The number of halogens is 1. The fraction of sp³-hybridized carbons (Fsp3) is 0.235. The largest absolute Gasteiger partial charge is 0.352 e. The number of benzene rings is 2. The Morgan fingerprint density at radius 1 is 1.14 bits per heavy atom. The van der Waals surface area contributed by atoms with Crippen LogP contribution in [0.1, 0.15) is 27.0 Å². The molecular formula is C17H17FN2O. The van der Waals surface area contributed by atoms with Crippen LogP contribution in [0.15, 0.2) is 42.5 Å². The molecule has 0 spiro atoms. The van der Waals surface area contributed by atoms with Crippen molar-refractivity contribution in [3.05, 3.63) is 70.5 Å². The van der Waals surface area contributed by atoms with E-state index in [-0.39, 0.29) is 11.7 Å². The Morgan fingerprint density at radius 2 is 2.00 bits per heavy atom. The molecule has 0 aromatic heterocycles. The number of carbonyl (C=O) groups excluding carboxylic acids is 1. The molecule has 2 N–H and O–H groups in total. The van der Waals surface area contributed by atoms with Gasteiger partial charge in [0.05, 0.1) is 0 Å². The van der Waals surface area contributed by atoms with Crippen LogP contribution in [-0.2, 0) is 19.5 Å². The van der Waals surface area contributed by atoms with E-state index in [1.165, 1.54) is 23.3 Å². The molecule has 1 aliphatic rings. The predicted octanol–water partition coefficient (Wildman–Crippen LogP) is 2.40. The van der Waals surface area contributed by atoms with Gasteiger partial charge in [-0.25, -0.2) is 4.39 Å². The average Bonchev–Trinajstić information content (AvgIpc) is 2.94. The summed E-state index contributed by atoms with van der Waals surface area (Å²) in [6.07, 6.45) is 0.621. The lowest BCUT2D eigenvalue weighted by atomic mass is 10.1. The van der Waals surface area contributed by atoms with Gasteiger partial charge in [-0.15, -0.1) is 0 Å². The summed E-state index contributed by atoms with van der Waals surface area (Å²) >= 11 is 0. The zero-order valence-electron chi connectivity index (χ0n) is 11.7. The molecule has 21 heavy (non-hydrogen) atoms. The highest BCUT2D eigenvalue weighted by molar-refractivity contribution is 5.94. The Kier molecular flexibility index (Phi) is 3.97. The summed E-state index contributed by atoms with van der Waals surface area (Å²) in [5.41, 5.74) is 4.00. The average molecular weight is 284 g/mol. The van der Waals surface area contributed by atoms with Crippen LogP contribution < -0.4 is 10.6 Å². The van der Waals surface area contributed by atoms with Crippen molar-refractivity contribution in [2.24, 2.45) is 0 Å². The topological polar surface area (TPSA) is 41.1 Å². The van der Waals surface area contributed by atoms with Crippen LogP contribution in [0.2, 0.25) is 0 Å². The van der Waals surface area contributed by atoms with Crippen LogP contribution in [0.4, 0.5) is 4.39 Å². The molecule has 1 aliphatic heterocycles. The first-order valence-electron chi connectivity index (χ1n) is 7.07. The molecule has 4 heteroatoms. The molecule has 3 nitrogen and oxygen atoms in total. The van der Waals surface area contributed by atoms with Crippen LogP contribution in [0.3, 0.4) is 0 Å². The molecule has 2 aromatic rings. The van der Waals surface area contributed by atoms with Crippen LogP contribution in [0, 0.1) is 5.82 Å². The summed E-state index contributed by atoms with van der Waals surface area (Å²) < 4.78 is 13.1. The maximum Gasteiger partial charge on any atom is 0.251 e. The van der Waals surface area contributed by atoms with Crippen molar-refractivity contribution >= 4 is 5.91 Å². The van der Waals surface area contributed by atoms with Gasteiger partial charge in [-0.05, 0) is 47.4 Å². The van der Waals surface area contributed by atoms with Crippen molar-refractivity contribution in [2.75, 3.05) is 6.54 Å². The molecule has 2 aromatic carbocycles. The van der Waals surface area contributed by atoms with E-state index in [4.69, 9.17) is 0 Å². The first kappa shape index (κ1) is 13.8. The standard InChI is InChI=1S/C17H17FN2O/c18-16-3-1-2-12(8-16)6-7-20-17(21)13-4-5-14-10-19-11-15(14)9-13/h1-5,8-9,19H,6-7,10-11H2,(H,20,21). The molecule has 0 saturated carbocycles. The summed E-state index contributed by atoms with van der Waals surface area (Å²) in [6, 6.07) is 12.2. The lowest BCUT2D eigenvalue weighted by Gasteiger charge is -2.07. The van der Waals surface area contributed by atoms with E-state index < -0.39 is 0 Å². The molecule has 0 radical (unpaired) electrons. The highest BCUT2D eigenvalue weighted by Crippen LogP contribution is 2.16. The van der Waals surface area contributed by atoms with Crippen molar-refractivity contribution in [2.45, 2.75) is 19.5 Å². The lowest BCUT2D eigenvalue weighted by molar-refractivity contribution is 0.0954. The molecule has 108 valence electrons. The van der Waals surface area contributed by atoms with Crippen molar-refractivity contribution < 1.29 is 9.18 Å². The number of nitrogens with one attached hydrogen (secondary N) is 2. The Balaban J connectivity index is 1.57. The van der Waals surface area contributed by atoms with Crippen molar-refractivity contribution in [3.8, 4) is 0 Å². The van der Waals surface area contributed by atoms with Gasteiger partial charge in [0.1, 0.15) is 5.82 Å². The van der Waals surface area contributed by atoms with E-state index >= 15 is 0 Å². The number of hydrogen-bond acceptors (Lipinski definition) is 2. The van der Waals surface area contributed by atoms with Gasteiger partial charge in [-0.3, -0.25) is 4.79 Å². The van der Waals surface area contributed by atoms with E-state index in [1.807, 2.05) is 24.3 Å². The summed E-state index contributed by atoms with van der Waals surface area (Å²) in [5, 5.41) is 6.13. The summed E-state index contributed by atoms with van der Waals surface area (Å²) in [6.45, 7) is 2.19. The van der Waals surface area contributed by atoms with Crippen LogP contribution in [0.25, 0.3) is 0 Å². The van der Waals surface area contributed by atoms with Crippen LogP contribution >= 0.6 is 0 Å². The number of fused-ring (bicyclic) bond motifs is 1. The second-order valence-corrected chi connectivity index (χ2v) is 5.22. The molecule has 0 bridgehead atoms. The van der Waals surface area contributed by atoms with Gasteiger partial charge >= 0.3 is 0 Å². The van der Waals surface area contributed by atoms with E-state index in [0.717, 1.165) is 18.7 Å². The number of rotatable bonds is 4. The highest BCUT2D eigenvalue weighted by Gasteiger charge is 2.13. The number of carbonyl (C=O) groups is 1. The van der Waals surface area contributed by atoms with Gasteiger partial charge in [-0.1, -0.05) is 18.2 Å². The predicted molar refractivity (Wildman–Crippen MR) is 79.4 cm³/mol. The molecule has 0 aliphatic carbocycles. The molecule has 0 atom stereocenters. The maximum absolute atomic E-state index is 13.1. The van der Waals surface area contributed by atoms with Gasteiger partial charge in [0, 0.05) is 25.2 Å². The Bertz CT molecular complexity index is 670. The lowest BCUT2D eigenvalue weighted by Crippen LogP contribution is -2.25. The Morgan fingerprint density at radius 3 is 2.86 bits per heavy atom. The van der Waals surface area contributed by atoms with Crippen molar-refractivity contribution in [1.29, 1.82) is 0 Å². The number of hydrogen-bond donors (Lipinski definition) is 2. The minimum absolute atomic E-state index is 0.0823. The first-order chi connectivity index (χ1) is 10.2. The summed E-state index contributed by atoms with van der Waals surface area (Å²) in [5.74, 6) is -0.328. The normalized spacial score (nSPS) is 13.0. The quantitative estimate of drug-likeness (QED) is 0.905. The van der Waals surface area contributed by atoms with E-state index in [1.54, 1.807) is 6.07 Å². The van der Waals surface area contributed by atoms with Gasteiger partial charge in [0.25, 0.3) is 5.91 Å². The summed E-state index contributed by atoms with van der Waals surface area (Å²) in [7, 11) is 0. The Hall–Kier alpha value is -2.20. The first-order valence-corrected chi connectivity index (χ1v) is 7.07. The minimum atomic E-state index is -0.245. The SMILES string of the molecule is O=C(NCCc1cccc(F)c1)c1ccc2c(c1)CNC2. The molecule has 0 unspecified atom stereocenters.